The van der Waals surface area contributed by atoms with Gasteiger partial charge in [0.15, 0.2) is 5.78 Å². The molecule has 0 aromatic rings. The summed E-state index contributed by atoms with van der Waals surface area (Å²) in [4.78, 5) is 11.4. The highest BCUT2D eigenvalue weighted by Gasteiger charge is 2.30. The van der Waals surface area contributed by atoms with E-state index in [0.29, 0.717) is 5.92 Å². The molecule has 1 aliphatic rings. The summed E-state index contributed by atoms with van der Waals surface area (Å²) in [5.41, 5.74) is 0. The molecule has 12 heavy (non-hydrogen) atoms. The van der Waals surface area contributed by atoms with Gasteiger partial charge in [0.25, 0.3) is 0 Å². The fourth-order valence-corrected chi connectivity index (χ4v) is 1.61. The van der Waals surface area contributed by atoms with Crippen LogP contribution < -0.4 is 5.32 Å². The minimum atomic E-state index is 0.0359. The standard InChI is InChI=1S/C9H17NO2/c1-3-7-5-12-6-8(11)9(7)10-4-2/h7,9-10H,3-6H2,1-2H3. The van der Waals surface area contributed by atoms with E-state index in [4.69, 9.17) is 4.74 Å². The fraction of sp³-hybridized carbons (Fsp3) is 0.889. The highest BCUT2D eigenvalue weighted by molar-refractivity contribution is 5.86. The molecule has 1 saturated heterocycles. The van der Waals surface area contributed by atoms with Gasteiger partial charge in [-0.15, -0.1) is 0 Å². The van der Waals surface area contributed by atoms with Crippen LogP contribution in [0.3, 0.4) is 0 Å². The third-order valence-corrected chi connectivity index (χ3v) is 2.34. The Morgan fingerprint density at radius 2 is 2.33 bits per heavy atom. The van der Waals surface area contributed by atoms with E-state index in [1.54, 1.807) is 0 Å². The molecule has 2 atom stereocenters. The molecule has 0 aliphatic carbocycles. The highest BCUT2D eigenvalue weighted by Crippen LogP contribution is 2.15. The first-order valence-electron chi connectivity index (χ1n) is 4.63. The lowest BCUT2D eigenvalue weighted by Gasteiger charge is -2.29. The number of ketones is 1. The Balaban J connectivity index is 2.53. The average molecular weight is 171 g/mol. The van der Waals surface area contributed by atoms with Crippen molar-refractivity contribution in [3.05, 3.63) is 0 Å². The maximum absolute atomic E-state index is 11.4. The van der Waals surface area contributed by atoms with E-state index in [1.165, 1.54) is 0 Å². The van der Waals surface area contributed by atoms with Crippen LogP contribution in [0.1, 0.15) is 20.3 Å². The third kappa shape index (κ3) is 2.05. The van der Waals surface area contributed by atoms with Crippen LogP contribution in [0, 0.1) is 5.92 Å². The molecule has 0 saturated carbocycles. The first kappa shape index (κ1) is 9.68. The molecular formula is C9H17NO2. The summed E-state index contributed by atoms with van der Waals surface area (Å²) >= 11 is 0. The van der Waals surface area contributed by atoms with Crippen molar-refractivity contribution in [2.45, 2.75) is 26.3 Å². The number of rotatable bonds is 3. The van der Waals surface area contributed by atoms with Gasteiger partial charge in [-0.2, -0.15) is 0 Å². The summed E-state index contributed by atoms with van der Waals surface area (Å²) in [5.74, 6) is 0.571. The van der Waals surface area contributed by atoms with Crippen molar-refractivity contribution in [2.75, 3.05) is 19.8 Å². The molecule has 1 rings (SSSR count). The molecule has 0 aromatic heterocycles. The van der Waals surface area contributed by atoms with Crippen molar-refractivity contribution < 1.29 is 9.53 Å². The van der Waals surface area contributed by atoms with E-state index in [9.17, 15) is 4.79 Å². The van der Waals surface area contributed by atoms with Crippen LogP contribution in [-0.2, 0) is 9.53 Å². The third-order valence-electron chi connectivity index (χ3n) is 2.34. The van der Waals surface area contributed by atoms with Gasteiger partial charge in [0.05, 0.1) is 12.6 Å². The van der Waals surface area contributed by atoms with Gasteiger partial charge in [-0.25, -0.2) is 0 Å². The SMILES string of the molecule is CCNC1C(=O)COCC1CC. The summed E-state index contributed by atoms with van der Waals surface area (Å²) < 4.78 is 5.17. The number of carbonyl (C=O) groups excluding carboxylic acids is 1. The van der Waals surface area contributed by atoms with Crippen LogP contribution in [0.5, 0.6) is 0 Å². The van der Waals surface area contributed by atoms with Crippen molar-refractivity contribution in [1.82, 2.24) is 5.32 Å². The molecule has 2 unspecified atom stereocenters. The molecule has 0 radical (unpaired) electrons. The van der Waals surface area contributed by atoms with Gasteiger partial charge in [0.1, 0.15) is 6.61 Å². The number of hydrogen-bond donors (Lipinski definition) is 1. The predicted octanol–water partition coefficient (Wildman–Crippen LogP) is 0.590. The van der Waals surface area contributed by atoms with Crippen LogP contribution in [-0.4, -0.2) is 31.6 Å². The Morgan fingerprint density at radius 3 is 2.92 bits per heavy atom. The van der Waals surface area contributed by atoms with Crippen molar-refractivity contribution in [1.29, 1.82) is 0 Å². The Labute approximate surface area is 73.5 Å². The second-order valence-electron chi connectivity index (χ2n) is 3.19. The van der Waals surface area contributed by atoms with E-state index >= 15 is 0 Å². The van der Waals surface area contributed by atoms with Gasteiger partial charge in [-0.1, -0.05) is 13.8 Å². The van der Waals surface area contributed by atoms with Crippen molar-refractivity contribution in [3.8, 4) is 0 Å². The summed E-state index contributed by atoms with van der Waals surface area (Å²) in [6.07, 6.45) is 1.00. The number of nitrogens with one attached hydrogen (secondary N) is 1. The highest BCUT2D eigenvalue weighted by atomic mass is 16.5. The monoisotopic (exact) mass is 171 g/mol. The van der Waals surface area contributed by atoms with Crippen LogP contribution in [0.2, 0.25) is 0 Å². The van der Waals surface area contributed by atoms with Gasteiger partial charge in [0.2, 0.25) is 0 Å². The van der Waals surface area contributed by atoms with Gasteiger partial charge >= 0.3 is 0 Å². The summed E-state index contributed by atoms with van der Waals surface area (Å²) in [7, 11) is 0. The predicted molar refractivity (Wildman–Crippen MR) is 47.1 cm³/mol. The molecule has 0 amide bonds. The summed E-state index contributed by atoms with van der Waals surface area (Å²) in [6, 6.07) is 0.0359. The quantitative estimate of drug-likeness (QED) is 0.675. The number of carbonyl (C=O) groups is 1. The molecule has 70 valence electrons. The lowest BCUT2D eigenvalue weighted by Crippen LogP contribution is -2.49. The number of hydrogen-bond acceptors (Lipinski definition) is 3. The smallest absolute Gasteiger partial charge is 0.175 e. The Hall–Kier alpha value is -0.410. The normalized spacial score (nSPS) is 30.7. The van der Waals surface area contributed by atoms with Gasteiger partial charge in [-0.05, 0) is 13.0 Å². The van der Waals surface area contributed by atoms with E-state index < -0.39 is 0 Å². The average Bonchev–Trinajstić information content (AvgIpc) is 2.09. The van der Waals surface area contributed by atoms with Crippen LogP contribution >= 0.6 is 0 Å². The van der Waals surface area contributed by atoms with Crippen LogP contribution in [0.4, 0.5) is 0 Å². The molecule has 1 N–H and O–H groups in total. The zero-order valence-corrected chi connectivity index (χ0v) is 7.80. The number of ether oxygens (including phenoxy) is 1. The van der Waals surface area contributed by atoms with Crippen molar-refractivity contribution in [2.24, 2.45) is 5.92 Å². The van der Waals surface area contributed by atoms with Gasteiger partial charge in [0, 0.05) is 5.92 Å². The fourth-order valence-electron chi connectivity index (χ4n) is 1.61. The molecule has 3 nitrogen and oxygen atoms in total. The Bertz CT molecular complexity index is 159. The maximum Gasteiger partial charge on any atom is 0.175 e. The van der Waals surface area contributed by atoms with E-state index in [2.05, 4.69) is 12.2 Å². The minimum Gasteiger partial charge on any atom is -0.373 e. The molecule has 1 heterocycles. The molecule has 3 heteroatoms. The maximum atomic E-state index is 11.4. The molecule has 0 bridgehead atoms. The lowest BCUT2D eigenvalue weighted by molar-refractivity contribution is -0.133. The zero-order chi connectivity index (χ0) is 8.97. The second kappa shape index (κ2) is 4.58. The van der Waals surface area contributed by atoms with E-state index in [0.717, 1.165) is 19.6 Å². The minimum absolute atomic E-state index is 0.0359. The Kier molecular flexibility index (Phi) is 3.69. The summed E-state index contributed by atoms with van der Waals surface area (Å²) in [6.45, 7) is 5.98. The molecule has 1 fully saturated rings. The zero-order valence-electron chi connectivity index (χ0n) is 7.80. The van der Waals surface area contributed by atoms with E-state index in [-0.39, 0.29) is 18.4 Å². The molecule has 1 aliphatic heterocycles. The topological polar surface area (TPSA) is 38.3 Å². The van der Waals surface area contributed by atoms with Gasteiger partial charge in [-0.3, -0.25) is 4.79 Å². The van der Waals surface area contributed by atoms with Crippen molar-refractivity contribution in [3.63, 3.8) is 0 Å². The molecule has 0 spiro atoms. The summed E-state index contributed by atoms with van der Waals surface area (Å²) in [5, 5.41) is 3.21. The molecule has 0 aromatic carbocycles. The number of Topliss-reactive ketones (excluding diaryl/α,β-unsaturated/α-hetero) is 1. The van der Waals surface area contributed by atoms with Crippen LogP contribution in [0.15, 0.2) is 0 Å². The van der Waals surface area contributed by atoms with Crippen molar-refractivity contribution >= 4 is 5.78 Å². The number of likely N-dealkylation sites (N-methyl/N-ethyl adjacent to an activating group) is 1. The van der Waals surface area contributed by atoms with E-state index in [1.807, 2.05) is 6.92 Å². The largest absolute Gasteiger partial charge is 0.373 e. The van der Waals surface area contributed by atoms with Crippen LogP contribution in [0.25, 0.3) is 0 Å². The second-order valence-corrected chi connectivity index (χ2v) is 3.19. The van der Waals surface area contributed by atoms with Gasteiger partial charge < -0.3 is 10.1 Å². The first-order chi connectivity index (χ1) is 5.79. The Morgan fingerprint density at radius 1 is 1.58 bits per heavy atom. The first-order valence-corrected chi connectivity index (χ1v) is 4.63. The molecular weight excluding hydrogens is 154 g/mol. The lowest BCUT2D eigenvalue weighted by atomic mass is 9.92.